The van der Waals surface area contributed by atoms with Crippen molar-refractivity contribution in [3.63, 3.8) is 0 Å². The van der Waals surface area contributed by atoms with Crippen LogP contribution in [0, 0.1) is 0 Å². The Balaban J connectivity index is 1.39. The molecule has 1 saturated heterocycles. The number of pyridine rings is 1. The van der Waals surface area contributed by atoms with Gasteiger partial charge in [-0.2, -0.15) is 0 Å². The maximum absolute atomic E-state index is 13.0. The van der Waals surface area contributed by atoms with Crippen LogP contribution in [0.4, 0.5) is 5.82 Å². The third kappa shape index (κ3) is 5.59. The lowest BCUT2D eigenvalue weighted by Crippen LogP contribution is -2.47. The molecule has 2 heterocycles. The number of aromatic nitrogens is 1. The number of hydrogen-bond acceptors (Lipinski definition) is 5. The number of amides is 1. The Labute approximate surface area is 188 Å². The summed E-state index contributed by atoms with van der Waals surface area (Å²) in [5.41, 5.74) is 2.81. The van der Waals surface area contributed by atoms with Crippen molar-refractivity contribution in [2.75, 3.05) is 31.1 Å². The molecule has 0 aliphatic carbocycles. The zero-order valence-corrected chi connectivity index (χ0v) is 18.1. The van der Waals surface area contributed by atoms with E-state index in [1.165, 1.54) is 5.56 Å². The molecule has 164 valence electrons. The van der Waals surface area contributed by atoms with Crippen LogP contribution in [0.5, 0.6) is 0 Å². The van der Waals surface area contributed by atoms with Crippen LogP contribution in [0.2, 0.25) is 0 Å². The van der Waals surface area contributed by atoms with Gasteiger partial charge in [0.25, 0.3) is 5.91 Å². The molecule has 6 nitrogen and oxygen atoms in total. The van der Waals surface area contributed by atoms with Crippen molar-refractivity contribution < 1.29 is 9.59 Å². The molecule has 1 atom stereocenters. The number of aldehydes is 1. The number of benzene rings is 2. The molecule has 0 saturated carbocycles. The van der Waals surface area contributed by atoms with Crippen LogP contribution in [0.25, 0.3) is 0 Å². The lowest BCUT2D eigenvalue weighted by Gasteiger charge is -2.36. The average Bonchev–Trinajstić information content (AvgIpc) is 2.85. The van der Waals surface area contributed by atoms with Gasteiger partial charge in [-0.15, -0.1) is 0 Å². The second-order valence-electron chi connectivity index (χ2n) is 8.03. The van der Waals surface area contributed by atoms with E-state index in [0.29, 0.717) is 17.8 Å². The lowest BCUT2D eigenvalue weighted by molar-refractivity contribution is -0.109. The fourth-order valence-corrected chi connectivity index (χ4v) is 4.03. The standard InChI is InChI=1S/C26H28N4O2/c31-20-23(18-21-8-3-1-4-9-21)28-26(32)24-12-7-13-27-25(24)30-16-14-29(15-17-30)19-22-10-5-2-6-11-22/h1-13,20,23H,14-19H2,(H,28,32). The van der Waals surface area contributed by atoms with E-state index in [4.69, 9.17) is 0 Å². The van der Waals surface area contributed by atoms with Gasteiger partial charge in [-0.1, -0.05) is 60.7 Å². The van der Waals surface area contributed by atoms with E-state index >= 15 is 0 Å². The second-order valence-corrected chi connectivity index (χ2v) is 8.03. The highest BCUT2D eigenvalue weighted by Gasteiger charge is 2.24. The first-order valence-corrected chi connectivity index (χ1v) is 11.0. The normalized spacial score (nSPS) is 15.2. The molecular formula is C26H28N4O2. The van der Waals surface area contributed by atoms with Crippen LogP contribution in [-0.4, -0.2) is 54.3 Å². The van der Waals surface area contributed by atoms with Gasteiger partial charge >= 0.3 is 0 Å². The van der Waals surface area contributed by atoms with Crippen molar-refractivity contribution in [3.05, 3.63) is 95.7 Å². The van der Waals surface area contributed by atoms with Crippen molar-refractivity contribution in [1.29, 1.82) is 0 Å². The Hall–Kier alpha value is -3.51. The molecule has 4 rings (SSSR count). The van der Waals surface area contributed by atoms with Crippen molar-refractivity contribution in [3.8, 4) is 0 Å². The van der Waals surface area contributed by atoms with Gasteiger partial charge in [0.05, 0.1) is 11.6 Å². The molecule has 6 heteroatoms. The van der Waals surface area contributed by atoms with Gasteiger partial charge in [-0.05, 0) is 29.7 Å². The van der Waals surface area contributed by atoms with Gasteiger partial charge < -0.3 is 15.0 Å². The predicted octanol–water partition coefficient (Wildman–Crippen LogP) is 2.94. The third-order valence-corrected chi connectivity index (χ3v) is 5.73. The minimum absolute atomic E-state index is 0.271. The number of carbonyl (C=O) groups excluding carboxylic acids is 2. The molecule has 2 aromatic carbocycles. The number of rotatable bonds is 8. The van der Waals surface area contributed by atoms with E-state index in [2.05, 4.69) is 44.4 Å². The highest BCUT2D eigenvalue weighted by Crippen LogP contribution is 2.20. The Kier molecular flexibility index (Phi) is 7.25. The van der Waals surface area contributed by atoms with E-state index in [-0.39, 0.29) is 5.91 Å². The molecule has 1 aliphatic heterocycles. The molecule has 1 fully saturated rings. The van der Waals surface area contributed by atoms with E-state index < -0.39 is 6.04 Å². The van der Waals surface area contributed by atoms with E-state index in [1.807, 2.05) is 36.4 Å². The van der Waals surface area contributed by atoms with Gasteiger partial charge in [0, 0.05) is 38.9 Å². The van der Waals surface area contributed by atoms with E-state index in [1.54, 1.807) is 18.3 Å². The average molecular weight is 429 g/mol. The smallest absolute Gasteiger partial charge is 0.255 e. The molecule has 0 spiro atoms. The Morgan fingerprint density at radius 2 is 1.56 bits per heavy atom. The molecule has 0 bridgehead atoms. The number of hydrogen-bond donors (Lipinski definition) is 1. The van der Waals surface area contributed by atoms with Crippen molar-refractivity contribution >= 4 is 18.0 Å². The predicted molar refractivity (Wildman–Crippen MR) is 126 cm³/mol. The minimum Gasteiger partial charge on any atom is -0.353 e. The molecule has 1 aliphatic rings. The number of nitrogens with one attached hydrogen (secondary N) is 1. The van der Waals surface area contributed by atoms with E-state index in [9.17, 15) is 9.59 Å². The fraction of sp³-hybridized carbons (Fsp3) is 0.269. The number of nitrogens with zero attached hydrogens (tertiary/aromatic N) is 3. The molecule has 0 radical (unpaired) electrons. The summed E-state index contributed by atoms with van der Waals surface area (Å²) in [6.45, 7) is 4.32. The maximum Gasteiger partial charge on any atom is 0.255 e. The zero-order valence-electron chi connectivity index (χ0n) is 18.1. The number of anilines is 1. The quantitative estimate of drug-likeness (QED) is 0.559. The molecule has 1 unspecified atom stereocenters. The highest BCUT2D eigenvalue weighted by molar-refractivity contribution is 6.00. The van der Waals surface area contributed by atoms with Gasteiger partial charge in [0.15, 0.2) is 0 Å². The zero-order chi connectivity index (χ0) is 22.2. The van der Waals surface area contributed by atoms with Crippen molar-refractivity contribution in [2.24, 2.45) is 0 Å². The Morgan fingerprint density at radius 1 is 0.906 bits per heavy atom. The van der Waals surface area contributed by atoms with E-state index in [0.717, 1.165) is 44.6 Å². The summed E-state index contributed by atoms with van der Waals surface area (Å²) in [5, 5.41) is 2.87. The first kappa shape index (κ1) is 21.7. The summed E-state index contributed by atoms with van der Waals surface area (Å²) in [5.74, 6) is 0.404. The maximum atomic E-state index is 13.0. The van der Waals surface area contributed by atoms with Crippen LogP contribution < -0.4 is 10.2 Å². The molecular weight excluding hydrogens is 400 g/mol. The van der Waals surface area contributed by atoms with Gasteiger partial charge in [-0.25, -0.2) is 4.98 Å². The molecule has 1 aromatic heterocycles. The molecule has 3 aromatic rings. The largest absolute Gasteiger partial charge is 0.353 e. The highest BCUT2D eigenvalue weighted by atomic mass is 16.2. The summed E-state index contributed by atoms with van der Waals surface area (Å²) in [6, 6.07) is 23.1. The number of carbonyl (C=O) groups is 2. The summed E-state index contributed by atoms with van der Waals surface area (Å²) >= 11 is 0. The first-order valence-electron chi connectivity index (χ1n) is 11.0. The minimum atomic E-state index is -0.583. The Bertz CT molecular complexity index is 1020. The van der Waals surface area contributed by atoms with Crippen molar-refractivity contribution in [1.82, 2.24) is 15.2 Å². The SMILES string of the molecule is O=CC(Cc1ccccc1)NC(=O)c1cccnc1N1CCN(Cc2ccccc2)CC1. The summed E-state index contributed by atoms with van der Waals surface area (Å²) in [4.78, 5) is 33.7. The Morgan fingerprint density at radius 3 is 2.22 bits per heavy atom. The van der Waals surface area contributed by atoms with Crippen LogP contribution in [0.3, 0.4) is 0 Å². The summed E-state index contributed by atoms with van der Waals surface area (Å²) in [6.07, 6.45) is 2.97. The topological polar surface area (TPSA) is 65.5 Å². The van der Waals surface area contributed by atoms with Crippen LogP contribution in [-0.2, 0) is 17.8 Å². The molecule has 1 N–H and O–H groups in total. The van der Waals surface area contributed by atoms with Crippen LogP contribution in [0.15, 0.2) is 79.0 Å². The van der Waals surface area contributed by atoms with Crippen LogP contribution >= 0.6 is 0 Å². The van der Waals surface area contributed by atoms with Gasteiger partial charge in [0.2, 0.25) is 0 Å². The molecule has 32 heavy (non-hydrogen) atoms. The monoisotopic (exact) mass is 428 g/mol. The third-order valence-electron chi connectivity index (χ3n) is 5.73. The molecule has 1 amide bonds. The van der Waals surface area contributed by atoms with Crippen molar-refractivity contribution in [2.45, 2.75) is 19.0 Å². The first-order chi connectivity index (χ1) is 15.7. The summed E-state index contributed by atoms with van der Waals surface area (Å²) in [7, 11) is 0. The fourth-order valence-electron chi connectivity index (χ4n) is 4.03. The lowest BCUT2D eigenvalue weighted by atomic mass is 10.1. The van der Waals surface area contributed by atoms with Crippen LogP contribution in [0.1, 0.15) is 21.5 Å². The number of piperazine rings is 1. The van der Waals surface area contributed by atoms with Gasteiger partial charge in [-0.3, -0.25) is 9.69 Å². The summed E-state index contributed by atoms with van der Waals surface area (Å²) < 4.78 is 0. The van der Waals surface area contributed by atoms with Gasteiger partial charge in [0.1, 0.15) is 12.1 Å². The second kappa shape index (κ2) is 10.7.